The molecule has 1 atom stereocenters. The number of aliphatic carboxylic acids is 1. The van der Waals surface area contributed by atoms with E-state index in [2.05, 4.69) is 21.2 Å². The number of carboxylic acid groups (broad SMARTS) is 1. The molecule has 16 heavy (non-hydrogen) atoms. The predicted molar refractivity (Wildman–Crippen MR) is 61.6 cm³/mol. The van der Waals surface area contributed by atoms with E-state index in [9.17, 15) is 14.4 Å². The number of halogens is 1. The van der Waals surface area contributed by atoms with E-state index in [-0.39, 0.29) is 18.6 Å². The molecule has 1 aromatic rings. The normalized spacial score (nSPS) is 11.8. The highest BCUT2D eigenvalue weighted by Gasteiger charge is 2.22. The molecule has 1 amide bonds. The van der Waals surface area contributed by atoms with Crippen LogP contribution in [-0.2, 0) is 9.59 Å². The highest BCUT2D eigenvalue weighted by Crippen LogP contribution is 2.24. The van der Waals surface area contributed by atoms with Crippen LogP contribution >= 0.6 is 27.3 Å². The van der Waals surface area contributed by atoms with Crippen LogP contribution in [0.2, 0.25) is 0 Å². The number of ketones is 1. The molecule has 1 aromatic heterocycles. The molecule has 2 N–H and O–H groups in total. The van der Waals surface area contributed by atoms with E-state index in [1.54, 1.807) is 11.4 Å². The van der Waals surface area contributed by atoms with Crippen molar-refractivity contribution in [1.82, 2.24) is 5.32 Å². The first-order valence-electron chi connectivity index (χ1n) is 4.25. The summed E-state index contributed by atoms with van der Waals surface area (Å²) in [5.41, 5.74) is 0. The highest BCUT2D eigenvalue weighted by atomic mass is 79.9. The average molecular weight is 306 g/mol. The summed E-state index contributed by atoms with van der Waals surface area (Å²) in [4.78, 5) is 33.0. The Morgan fingerprint density at radius 2 is 2.31 bits per heavy atom. The molecule has 0 radical (unpaired) electrons. The summed E-state index contributed by atoms with van der Waals surface area (Å²) in [7, 11) is 0. The van der Waals surface area contributed by atoms with Crippen LogP contribution in [0.3, 0.4) is 0 Å². The number of carbonyl (C=O) groups excluding carboxylic acids is 2. The van der Waals surface area contributed by atoms with Crippen molar-refractivity contribution < 1.29 is 19.5 Å². The molecule has 0 aliphatic carbocycles. The molecule has 0 aromatic carbocycles. The topological polar surface area (TPSA) is 83.5 Å². The number of Topliss-reactive ketones (excluding diaryl/α,β-unsaturated/α-hetero) is 1. The van der Waals surface area contributed by atoms with E-state index in [1.165, 1.54) is 11.3 Å². The number of thiophene rings is 1. The van der Waals surface area contributed by atoms with Crippen LogP contribution in [0.1, 0.15) is 16.1 Å². The minimum absolute atomic E-state index is 0.257. The number of carbonyl (C=O) groups is 3. The number of hydrogen-bond acceptors (Lipinski definition) is 4. The van der Waals surface area contributed by atoms with Crippen LogP contribution < -0.4 is 5.32 Å². The third kappa shape index (κ3) is 3.14. The molecule has 0 aliphatic heterocycles. The van der Waals surface area contributed by atoms with E-state index in [4.69, 9.17) is 5.11 Å². The minimum atomic E-state index is -1.23. The molecular formula is C9H8BrNO4S. The van der Waals surface area contributed by atoms with Crippen molar-refractivity contribution in [2.24, 2.45) is 0 Å². The fourth-order valence-electron chi connectivity index (χ4n) is 1.07. The van der Waals surface area contributed by atoms with Crippen LogP contribution in [0.25, 0.3) is 0 Å². The number of nitrogens with one attached hydrogen (secondary N) is 1. The van der Waals surface area contributed by atoms with Crippen LogP contribution in [0.5, 0.6) is 0 Å². The van der Waals surface area contributed by atoms with Gasteiger partial charge in [-0.15, -0.1) is 11.3 Å². The summed E-state index contributed by atoms with van der Waals surface area (Å²) in [6, 6.07) is 0.528. The van der Waals surface area contributed by atoms with E-state index >= 15 is 0 Å². The van der Waals surface area contributed by atoms with Crippen LogP contribution in [-0.4, -0.2) is 29.3 Å². The zero-order chi connectivity index (χ0) is 12.1. The van der Waals surface area contributed by atoms with Crippen LogP contribution in [0.15, 0.2) is 15.9 Å². The van der Waals surface area contributed by atoms with E-state index in [0.29, 0.717) is 9.35 Å². The molecule has 0 saturated heterocycles. The number of rotatable bonds is 6. The van der Waals surface area contributed by atoms with Crippen molar-refractivity contribution in [3.05, 3.63) is 20.8 Å². The first-order chi connectivity index (χ1) is 7.56. The molecular weight excluding hydrogens is 298 g/mol. The third-order valence-electron chi connectivity index (χ3n) is 1.83. The smallest absolute Gasteiger partial charge is 0.326 e. The highest BCUT2D eigenvalue weighted by molar-refractivity contribution is 9.10. The van der Waals surface area contributed by atoms with Gasteiger partial charge in [0, 0.05) is 10.9 Å². The Bertz CT molecular complexity index is 417. The average Bonchev–Trinajstić information content (AvgIpc) is 2.63. The second-order valence-electron chi connectivity index (χ2n) is 2.90. The van der Waals surface area contributed by atoms with E-state index in [0.717, 1.165) is 0 Å². The Kier molecular flexibility index (Phi) is 4.63. The van der Waals surface area contributed by atoms with Gasteiger partial charge in [-0.1, -0.05) is 0 Å². The zero-order valence-electron chi connectivity index (χ0n) is 7.97. The lowest BCUT2D eigenvalue weighted by Crippen LogP contribution is -2.37. The SMILES string of the molecule is O=CNC(CC(=O)c1sccc1Br)C(=O)O. The Morgan fingerprint density at radius 3 is 2.75 bits per heavy atom. The van der Waals surface area contributed by atoms with Gasteiger partial charge in [-0.05, 0) is 27.4 Å². The van der Waals surface area contributed by atoms with E-state index < -0.39 is 12.0 Å². The first kappa shape index (κ1) is 12.9. The van der Waals surface area contributed by atoms with Crippen LogP contribution in [0, 0.1) is 0 Å². The van der Waals surface area contributed by atoms with Gasteiger partial charge in [0.05, 0.1) is 4.88 Å². The molecule has 1 rings (SSSR count). The monoisotopic (exact) mass is 305 g/mol. The second-order valence-corrected chi connectivity index (χ2v) is 4.67. The Labute approximate surface area is 104 Å². The van der Waals surface area contributed by atoms with Crippen molar-refractivity contribution in [1.29, 1.82) is 0 Å². The van der Waals surface area contributed by atoms with Gasteiger partial charge in [-0.25, -0.2) is 4.79 Å². The summed E-state index contributed by atoms with van der Waals surface area (Å²) < 4.78 is 0.637. The minimum Gasteiger partial charge on any atom is -0.480 e. The Morgan fingerprint density at radius 1 is 1.62 bits per heavy atom. The molecule has 0 saturated carbocycles. The van der Waals surface area contributed by atoms with Crippen molar-refractivity contribution in [3.63, 3.8) is 0 Å². The summed E-state index contributed by atoms with van der Waals surface area (Å²) in [5.74, 6) is -1.54. The number of hydrogen-bond donors (Lipinski definition) is 2. The van der Waals surface area contributed by atoms with Gasteiger partial charge in [-0.3, -0.25) is 9.59 Å². The maximum absolute atomic E-state index is 11.7. The maximum Gasteiger partial charge on any atom is 0.326 e. The molecule has 0 fully saturated rings. The molecule has 0 aliphatic rings. The van der Waals surface area contributed by atoms with Gasteiger partial charge in [0.15, 0.2) is 5.78 Å². The quantitative estimate of drug-likeness (QED) is 0.612. The van der Waals surface area contributed by atoms with Crippen molar-refractivity contribution in [2.45, 2.75) is 12.5 Å². The standard InChI is InChI=1S/C9H8BrNO4S/c10-5-1-2-16-8(5)7(13)3-6(9(14)15)11-4-12/h1-2,4,6H,3H2,(H,11,12)(H,14,15). The van der Waals surface area contributed by atoms with Crippen molar-refractivity contribution >= 4 is 45.4 Å². The van der Waals surface area contributed by atoms with Crippen LogP contribution in [0.4, 0.5) is 0 Å². The van der Waals surface area contributed by atoms with Gasteiger partial charge in [-0.2, -0.15) is 0 Å². The number of carboxylic acids is 1. The van der Waals surface area contributed by atoms with Crippen molar-refractivity contribution in [2.75, 3.05) is 0 Å². The lowest BCUT2D eigenvalue weighted by atomic mass is 10.1. The zero-order valence-corrected chi connectivity index (χ0v) is 10.4. The Balaban J connectivity index is 2.72. The maximum atomic E-state index is 11.7. The van der Waals surface area contributed by atoms with Gasteiger partial charge >= 0.3 is 5.97 Å². The van der Waals surface area contributed by atoms with Gasteiger partial charge in [0.1, 0.15) is 6.04 Å². The molecule has 1 unspecified atom stereocenters. The lowest BCUT2D eigenvalue weighted by Gasteiger charge is -2.09. The van der Waals surface area contributed by atoms with Gasteiger partial charge in [0.25, 0.3) is 0 Å². The lowest BCUT2D eigenvalue weighted by molar-refractivity contribution is -0.140. The largest absolute Gasteiger partial charge is 0.480 e. The molecule has 0 spiro atoms. The first-order valence-corrected chi connectivity index (χ1v) is 5.92. The summed E-state index contributed by atoms with van der Waals surface area (Å²) in [5, 5.41) is 12.5. The number of amides is 1. The molecule has 7 heteroatoms. The predicted octanol–water partition coefficient (Wildman–Crippen LogP) is 1.28. The summed E-state index contributed by atoms with van der Waals surface area (Å²) in [6.45, 7) is 0. The Hall–Kier alpha value is -1.21. The van der Waals surface area contributed by atoms with Gasteiger partial charge in [0.2, 0.25) is 6.41 Å². The summed E-state index contributed by atoms with van der Waals surface area (Å²) in [6.07, 6.45) is 0.0166. The van der Waals surface area contributed by atoms with Gasteiger partial charge < -0.3 is 10.4 Å². The second kappa shape index (κ2) is 5.76. The van der Waals surface area contributed by atoms with Crippen molar-refractivity contribution in [3.8, 4) is 0 Å². The molecule has 86 valence electrons. The third-order valence-corrected chi connectivity index (χ3v) is 3.71. The molecule has 1 heterocycles. The van der Waals surface area contributed by atoms with E-state index in [1.807, 2.05) is 0 Å². The molecule has 5 nitrogen and oxygen atoms in total. The fourth-order valence-corrected chi connectivity index (χ4v) is 2.61. The summed E-state index contributed by atoms with van der Waals surface area (Å²) >= 11 is 4.41. The molecule has 0 bridgehead atoms. The fraction of sp³-hybridized carbons (Fsp3) is 0.222.